The zero-order chi connectivity index (χ0) is 19.6. The van der Waals surface area contributed by atoms with Crippen LogP contribution >= 0.6 is 0 Å². The highest BCUT2D eigenvalue weighted by molar-refractivity contribution is 5.84. The molecule has 134 valence electrons. The number of carbonyl (C=O) groups is 3. The van der Waals surface area contributed by atoms with Gasteiger partial charge in [-0.25, -0.2) is 14.4 Å². The van der Waals surface area contributed by atoms with Gasteiger partial charge in [-0.1, -0.05) is 33.6 Å². The van der Waals surface area contributed by atoms with E-state index in [1.54, 1.807) is 13.8 Å². The average Bonchev–Trinajstić information content (AvgIpc) is 2.48. The lowest BCUT2D eigenvalue weighted by atomic mass is 9.97. The molecule has 0 unspecified atom stereocenters. The van der Waals surface area contributed by atoms with E-state index in [0.717, 1.165) is 12.2 Å². The highest BCUT2D eigenvalue weighted by Crippen LogP contribution is 2.10. The Kier molecular flexibility index (Phi) is 21.9. The molecule has 23 heavy (non-hydrogen) atoms. The van der Waals surface area contributed by atoms with Gasteiger partial charge in [0, 0.05) is 23.1 Å². The maximum absolute atomic E-state index is 9.60. The van der Waals surface area contributed by atoms with E-state index in [1.165, 1.54) is 6.92 Å². The predicted molar refractivity (Wildman–Crippen MR) is 86.1 cm³/mol. The van der Waals surface area contributed by atoms with Crippen LogP contribution in [0.2, 0.25) is 0 Å². The van der Waals surface area contributed by atoms with Crippen molar-refractivity contribution in [2.75, 3.05) is 13.2 Å². The standard InChI is InChI=1S/C5H12O2.C4H6O2.2C3H4O2/c1-5(2,3-6)4-7;1-3(2)4(5)6;2*1-2-3(4)5/h6-7H,3-4H2,1-2H3;1H2,2H3,(H,5,6);2*2H,1H2,(H,4,5). The molecule has 0 bridgehead atoms. The number of hydrogen-bond acceptors (Lipinski definition) is 5. The third kappa shape index (κ3) is 45.1. The fourth-order valence-corrected chi connectivity index (χ4v) is 0.0500. The van der Waals surface area contributed by atoms with Gasteiger partial charge in [0.15, 0.2) is 0 Å². The summed E-state index contributed by atoms with van der Waals surface area (Å²) in [5.41, 5.74) is -0.130. The highest BCUT2D eigenvalue weighted by atomic mass is 16.4. The van der Waals surface area contributed by atoms with E-state index < -0.39 is 17.9 Å². The van der Waals surface area contributed by atoms with Crippen molar-refractivity contribution in [1.82, 2.24) is 0 Å². The first-order valence-electron chi connectivity index (χ1n) is 6.12. The lowest BCUT2D eigenvalue weighted by Crippen LogP contribution is -2.20. The summed E-state index contributed by atoms with van der Waals surface area (Å²) < 4.78 is 0. The molecule has 0 atom stereocenters. The summed E-state index contributed by atoms with van der Waals surface area (Å²) in [6, 6.07) is 0. The van der Waals surface area contributed by atoms with Crippen LogP contribution in [-0.2, 0) is 14.4 Å². The SMILES string of the molecule is C=C(C)C(=O)O.C=CC(=O)O.C=CC(=O)O.CC(C)(CO)CO. The van der Waals surface area contributed by atoms with Crippen LogP contribution in [0, 0.1) is 5.41 Å². The number of aliphatic hydroxyl groups is 2. The normalized spacial score (nSPS) is 8.39. The summed E-state index contributed by atoms with van der Waals surface area (Å²) in [7, 11) is 0. The Bertz CT molecular complexity index is 360. The minimum absolute atomic E-state index is 0.0451. The van der Waals surface area contributed by atoms with Gasteiger partial charge in [-0.05, 0) is 6.92 Å². The van der Waals surface area contributed by atoms with Crippen molar-refractivity contribution in [3.05, 3.63) is 37.5 Å². The van der Waals surface area contributed by atoms with Crippen molar-refractivity contribution in [2.45, 2.75) is 20.8 Å². The summed E-state index contributed by atoms with van der Waals surface area (Å²) >= 11 is 0. The largest absolute Gasteiger partial charge is 0.478 e. The van der Waals surface area contributed by atoms with Gasteiger partial charge in [0.25, 0.3) is 0 Å². The molecule has 0 radical (unpaired) electrons. The maximum Gasteiger partial charge on any atom is 0.330 e. The van der Waals surface area contributed by atoms with Gasteiger partial charge in [0.05, 0.1) is 13.2 Å². The summed E-state index contributed by atoms with van der Waals surface area (Å²) in [5.74, 6) is -2.90. The van der Waals surface area contributed by atoms with Crippen LogP contribution in [0.3, 0.4) is 0 Å². The summed E-state index contributed by atoms with van der Waals surface area (Å²) in [6.07, 6.45) is 1.67. The van der Waals surface area contributed by atoms with Crippen LogP contribution in [0.1, 0.15) is 20.8 Å². The van der Waals surface area contributed by atoms with Crippen LogP contribution < -0.4 is 0 Å². The molecule has 0 spiro atoms. The Labute approximate surface area is 135 Å². The van der Waals surface area contributed by atoms with Crippen molar-refractivity contribution < 1.29 is 39.9 Å². The molecule has 0 aliphatic carbocycles. The molecule has 0 aromatic heterocycles. The van der Waals surface area contributed by atoms with E-state index in [1.807, 2.05) is 0 Å². The number of aliphatic hydroxyl groups excluding tert-OH is 2. The molecule has 0 saturated carbocycles. The maximum atomic E-state index is 9.60. The molecule has 0 saturated heterocycles. The lowest BCUT2D eigenvalue weighted by Gasteiger charge is -2.16. The Hall–Kier alpha value is -2.45. The smallest absolute Gasteiger partial charge is 0.330 e. The lowest BCUT2D eigenvalue weighted by molar-refractivity contribution is -0.133. The van der Waals surface area contributed by atoms with E-state index >= 15 is 0 Å². The predicted octanol–water partition coefficient (Wildman–Crippen LogP) is 1.16. The molecule has 5 N–H and O–H groups in total. The van der Waals surface area contributed by atoms with E-state index in [9.17, 15) is 14.4 Å². The second kappa shape index (κ2) is 17.6. The fourth-order valence-electron chi connectivity index (χ4n) is 0.0500. The molecule has 8 heteroatoms. The molecule has 0 aliphatic rings. The molecule has 0 heterocycles. The van der Waals surface area contributed by atoms with E-state index in [2.05, 4.69) is 19.7 Å². The molecule has 0 amide bonds. The first-order valence-corrected chi connectivity index (χ1v) is 6.12. The van der Waals surface area contributed by atoms with Gasteiger partial charge in [-0.15, -0.1) is 0 Å². The first-order chi connectivity index (χ1) is 10.3. The van der Waals surface area contributed by atoms with Gasteiger partial charge < -0.3 is 25.5 Å². The molecule has 0 rings (SSSR count). The first kappa shape index (κ1) is 28.7. The third-order valence-electron chi connectivity index (χ3n) is 1.57. The third-order valence-corrected chi connectivity index (χ3v) is 1.57. The van der Waals surface area contributed by atoms with Crippen molar-refractivity contribution in [1.29, 1.82) is 0 Å². The van der Waals surface area contributed by atoms with Crippen molar-refractivity contribution >= 4 is 17.9 Å². The molecule has 0 aromatic carbocycles. The fraction of sp³-hybridized carbons (Fsp3) is 0.400. The highest BCUT2D eigenvalue weighted by Gasteiger charge is 2.13. The van der Waals surface area contributed by atoms with Crippen LogP contribution in [0.15, 0.2) is 37.5 Å². The summed E-state index contributed by atoms with van der Waals surface area (Å²) in [6.45, 7) is 14.2. The minimum Gasteiger partial charge on any atom is -0.478 e. The number of hydrogen-bond donors (Lipinski definition) is 5. The van der Waals surface area contributed by atoms with Gasteiger partial charge in [0.1, 0.15) is 0 Å². The number of carboxylic acid groups (broad SMARTS) is 3. The number of rotatable bonds is 5. The minimum atomic E-state index is -0.981. The van der Waals surface area contributed by atoms with Crippen LogP contribution in [0.4, 0.5) is 0 Å². The van der Waals surface area contributed by atoms with Crippen molar-refractivity contribution in [2.24, 2.45) is 5.41 Å². The van der Waals surface area contributed by atoms with E-state index in [0.29, 0.717) is 0 Å². The number of carboxylic acids is 3. The second-order valence-electron chi connectivity index (χ2n) is 4.65. The zero-order valence-corrected chi connectivity index (χ0v) is 13.7. The van der Waals surface area contributed by atoms with Gasteiger partial charge >= 0.3 is 17.9 Å². The molecule has 0 aliphatic heterocycles. The van der Waals surface area contributed by atoms with Gasteiger partial charge in [-0.3, -0.25) is 0 Å². The van der Waals surface area contributed by atoms with E-state index in [-0.39, 0.29) is 24.2 Å². The topological polar surface area (TPSA) is 152 Å². The Balaban J connectivity index is -0.000000106. The zero-order valence-electron chi connectivity index (χ0n) is 13.7. The molecular formula is C15H26O8. The average molecular weight is 334 g/mol. The van der Waals surface area contributed by atoms with Gasteiger partial charge in [-0.2, -0.15) is 0 Å². The second-order valence-corrected chi connectivity index (χ2v) is 4.65. The van der Waals surface area contributed by atoms with Crippen LogP contribution in [0.25, 0.3) is 0 Å². The molecule has 0 fully saturated rings. The Morgan fingerprint density at radius 1 is 0.913 bits per heavy atom. The quantitative estimate of drug-likeness (QED) is 0.469. The van der Waals surface area contributed by atoms with Crippen molar-refractivity contribution in [3.8, 4) is 0 Å². The van der Waals surface area contributed by atoms with E-state index in [4.69, 9.17) is 25.5 Å². The molecule has 8 nitrogen and oxygen atoms in total. The number of aliphatic carboxylic acids is 3. The summed E-state index contributed by atoms with van der Waals surface area (Å²) in [5, 5.41) is 40.0. The monoisotopic (exact) mass is 334 g/mol. The Morgan fingerprint density at radius 2 is 1.09 bits per heavy atom. The van der Waals surface area contributed by atoms with Crippen LogP contribution in [-0.4, -0.2) is 56.7 Å². The van der Waals surface area contributed by atoms with Crippen LogP contribution in [0.5, 0.6) is 0 Å². The molecular weight excluding hydrogens is 308 g/mol. The Morgan fingerprint density at radius 3 is 1.09 bits per heavy atom. The van der Waals surface area contributed by atoms with Gasteiger partial charge in [0.2, 0.25) is 0 Å². The van der Waals surface area contributed by atoms with Crippen molar-refractivity contribution in [3.63, 3.8) is 0 Å². The summed E-state index contributed by atoms with van der Waals surface area (Å²) in [4.78, 5) is 28.1. The molecule has 0 aromatic rings.